The number of nitrogens with zero attached hydrogens (tertiary/aromatic N) is 1. The molecule has 0 aliphatic heterocycles. The molecule has 106 valence electrons. The summed E-state index contributed by atoms with van der Waals surface area (Å²) in [7, 11) is 0. The molecule has 0 fully saturated rings. The number of hydrogen-bond acceptors (Lipinski definition) is 3. The fourth-order valence-electron chi connectivity index (χ4n) is 1.61. The lowest BCUT2D eigenvalue weighted by molar-refractivity contribution is 0.459. The molecule has 0 bridgehead atoms. The van der Waals surface area contributed by atoms with Crippen molar-refractivity contribution in [3.63, 3.8) is 0 Å². The number of nitrogens with one attached hydrogen (secondary N) is 1. The van der Waals surface area contributed by atoms with Crippen LogP contribution in [0.15, 0.2) is 36.7 Å². The molecule has 0 saturated carbocycles. The van der Waals surface area contributed by atoms with Gasteiger partial charge in [-0.15, -0.1) is 0 Å². The Morgan fingerprint density at radius 2 is 1.90 bits per heavy atom. The Balaban J connectivity index is 2.08. The predicted molar refractivity (Wildman–Crippen MR) is 72.6 cm³/mol. The molecule has 0 saturated heterocycles. The van der Waals surface area contributed by atoms with Gasteiger partial charge in [-0.2, -0.15) is 0 Å². The summed E-state index contributed by atoms with van der Waals surface area (Å²) in [5, 5.41) is 3.26. The zero-order valence-corrected chi connectivity index (χ0v) is 11.4. The van der Waals surface area contributed by atoms with Gasteiger partial charge in [-0.3, -0.25) is 4.98 Å². The fraction of sp³-hybridized carbons (Fsp3) is 0.267. The first-order valence-electron chi connectivity index (χ1n) is 6.35. The standard InChI is InChI=1S/C15H16F2N2O/c1-10(2)19-8-11-5-13(9-18-7-11)20-12-3-4-14(16)15(17)6-12/h3-7,9-10,19H,8H2,1-2H3. The van der Waals surface area contributed by atoms with E-state index in [1.54, 1.807) is 6.20 Å². The van der Waals surface area contributed by atoms with Crippen molar-refractivity contribution in [2.75, 3.05) is 0 Å². The van der Waals surface area contributed by atoms with Gasteiger partial charge in [0.15, 0.2) is 11.6 Å². The molecule has 0 radical (unpaired) electrons. The summed E-state index contributed by atoms with van der Waals surface area (Å²) >= 11 is 0. The first kappa shape index (κ1) is 14.4. The van der Waals surface area contributed by atoms with E-state index in [9.17, 15) is 8.78 Å². The van der Waals surface area contributed by atoms with Crippen molar-refractivity contribution >= 4 is 0 Å². The highest BCUT2D eigenvalue weighted by Crippen LogP contribution is 2.23. The molecule has 0 aliphatic rings. The number of ether oxygens (including phenoxy) is 1. The Kier molecular flexibility index (Phi) is 4.63. The van der Waals surface area contributed by atoms with Crippen LogP contribution in [-0.2, 0) is 6.54 Å². The highest BCUT2D eigenvalue weighted by molar-refractivity contribution is 5.31. The van der Waals surface area contributed by atoms with Crippen LogP contribution in [0.3, 0.4) is 0 Å². The maximum atomic E-state index is 13.1. The lowest BCUT2D eigenvalue weighted by Gasteiger charge is -2.10. The number of hydrogen-bond donors (Lipinski definition) is 1. The molecule has 1 aromatic heterocycles. The first-order chi connectivity index (χ1) is 9.54. The second-order valence-corrected chi connectivity index (χ2v) is 4.74. The molecular weight excluding hydrogens is 262 g/mol. The van der Waals surface area contributed by atoms with Crippen molar-refractivity contribution in [2.24, 2.45) is 0 Å². The number of aromatic nitrogens is 1. The smallest absolute Gasteiger partial charge is 0.162 e. The monoisotopic (exact) mass is 278 g/mol. The van der Waals surface area contributed by atoms with E-state index in [0.29, 0.717) is 18.3 Å². The van der Waals surface area contributed by atoms with Crippen LogP contribution in [0.2, 0.25) is 0 Å². The predicted octanol–water partition coefficient (Wildman–Crippen LogP) is 3.65. The van der Waals surface area contributed by atoms with Crippen molar-refractivity contribution in [1.29, 1.82) is 0 Å². The van der Waals surface area contributed by atoms with Crippen molar-refractivity contribution < 1.29 is 13.5 Å². The topological polar surface area (TPSA) is 34.2 Å². The third-order valence-electron chi connectivity index (χ3n) is 2.61. The summed E-state index contributed by atoms with van der Waals surface area (Å²) in [6.07, 6.45) is 3.26. The van der Waals surface area contributed by atoms with Crippen LogP contribution >= 0.6 is 0 Å². The molecule has 2 aromatic rings. The molecule has 2 rings (SSSR count). The minimum absolute atomic E-state index is 0.236. The van der Waals surface area contributed by atoms with Gasteiger partial charge in [0.05, 0.1) is 6.20 Å². The van der Waals surface area contributed by atoms with Crippen LogP contribution in [-0.4, -0.2) is 11.0 Å². The van der Waals surface area contributed by atoms with Crippen molar-refractivity contribution in [3.05, 3.63) is 53.9 Å². The summed E-state index contributed by atoms with van der Waals surface area (Å²) in [5.74, 6) is -1.11. The highest BCUT2D eigenvalue weighted by atomic mass is 19.2. The Hall–Kier alpha value is -2.01. The molecular formula is C15H16F2N2O. The number of halogens is 2. The first-order valence-corrected chi connectivity index (χ1v) is 6.35. The second kappa shape index (κ2) is 6.43. The molecule has 1 heterocycles. The van der Waals surface area contributed by atoms with Gasteiger partial charge >= 0.3 is 0 Å². The van der Waals surface area contributed by atoms with Crippen LogP contribution < -0.4 is 10.1 Å². The molecule has 20 heavy (non-hydrogen) atoms. The van der Waals surface area contributed by atoms with Crippen LogP contribution in [0.5, 0.6) is 11.5 Å². The fourth-order valence-corrected chi connectivity index (χ4v) is 1.61. The Morgan fingerprint density at radius 1 is 1.10 bits per heavy atom. The van der Waals surface area contributed by atoms with Crippen LogP contribution in [0.25, 0.3) is 0 Å². The van der Waals surface area contributed by atoms with Gasteiger partial charge in [0.25, 0.3) is 0 Å². The average Bonchev–Trinajstić information content (AvgIpc) is 2.41. The number of pyridine rings is 1. The van der Waals surface area contributed by atoms with E-state index < -0.39 is 11.6 Å². The normalized spacial score (nSPS) is 10.8. The van der Waals surface area contributed by atoms with Gasteiger partial charge in [-0.05, 0) is 23.8 Å². The molecule has 1 aromatic carbocycles. The minimum atomic E-state index is -0.937. The van der Waals surface area contributed by atoms with Gasteiger partial charge in [0.2, 0.25) is 0 Å². The lowest BCUT2D eigenvalue weighted by atomic mass is 10.2. The molecule has 0 aliphatic carbocycles. The van der Waals surface area contributed by atoms with Gasteiger partial charge in [0, 0.05) is 24.8 Å². The Morgan fingerprint density at radius 3 is 2.60 bits per heavy atom. The van der Waals surface area contributed by atoms with E-state index in [1.807, 2.05) is 6.07 Å². The van der Waals surface area contributed by atoms with Crippen LogP contribution in [0, 0.1) is 11.6 Å². The maximum Gasteiger partial charge on any atom is 0.162 e. The van der Waals surface area contributed by atoms with Gasteiger partial charge in [-0.25, -0.2) is 8.78 Å². The summed E-state index contributed by atoms with van der Waals surface area (Å²) in [6.45, 7) is 4.77. The molecule has 0 atom stereocenters. The molecule has 1 N–H and O–H groups in total. The minimum Gasteiger partial charge on any atom is -0.456 e. The van der Waals surface area contributed by atoms with E-state index in [1.165, 1.54) is 12.3 Å². The van der Waals surface area contributed by atoms with Crippen molar-refractivity contribution in [2.45, 2.75) is 26.4 Å². The molecule has 0 unspecified atom stereocenters. The summed E-state index contributed by atoms with van der Waals surface area (Å²) in [5.41, 5.74) is 0.957. The van der Waals surface area contributed by atoms with Crippen molar-refractivity contribution in [1.82, 2.24) is 10.3 Å². The lowest BCUT2D eigenvalue weighted by Crippen LogP contribution is -2.21. The van der Waals surface area contributed by atoms with E-state index in [0.717, 1.165) is 17.7 Å². The summed E-state index contributed by atoms with van der Waals surface area (Å²) < 4.78 is 31.4. The summed E-state index contributed by atoms with van der Waals surface area (Å²) in [4.78, 5) is 4.07. The van der Waals surface area contributed by atoms with E-state index in [4.69, 9.17) is 4.74 Å². The maximum absolute atomic E-state index is 13.1. The molecule has 5 heteroatoms. The van der Waals surface area contributed by atoms with Crippen LogP contribution in [0.4, 0.5) is 8.78 Å². The van der Waals surface area contributed by atoms with Gasteiger partial charge in [0.1, 0.15) is 11.5 Å². The van der Waals surface area contributed by atoms with E-state index in [-0.39, 0.29) is 5.75 Å². The quantitative estimate of drug-likeness (QED) is 0.906. The number of rotatable bonds is 5. The Bertz CT molecular complexity index is 588. The van der Waals surface area contributed by atoms with Gasteiger partial charge in [-0.1, -0.05) is 13.8 Å². The molecule has 0 amide bonds. The average molecular weight is 278 g/mol. The van der Waals surface area contributed by atoms with E-state index >= 15 is 0 Å². The third-order valence-corrected chi connectivity index (χ3v) is 2.61. The summed E-state index contributed by atoms with van der Waals surface area (Å²) in [6, 6.07) is 5.59. The zero-order chi connectivity index (χ0) is 14.5. The SMILES string of the molecule is CC(C)NCc1cncc(Oc2ccc(F)c(F)c2)c1. The largest absolute Gasteiger partial charge is 0.456 e. The third kappa shape index (κ3) is 3.99. The molecule has 3 nitrogen and oxygen atoms in total. The van der Waals surface area contributed by atoms with E-state index in [2.05, 4.69) is 24.1 Å². The Labute approximate surface area is 116 Å². The van der Waals surface area contributed by atoms with Crippen molar-refractivity contribution in [3.8, 4) is 11.5 Å². The highest BCUT2D eigenvalue weighted by Gasteiger charge is 2.05. The number of benzene rings is 1. The van der Waals surface area contributed by atoms with Gasteiger partial charge < -0.3 is 10.1 Å². The van der Waals surface area contributed by atoms with Crippen LogP contribution in [0.1, 0.15) is 19.4 Å². The zero-order valence-electron chi connectivity index (χ0n) is 11.4. The molecule has 0 spiro atoms. The second-order valence-electron chi connectivity index (χ2n) is 4.74.